The van der Waals surface area contributed by atoms with Crippen LogP contribution in [0.25, 0.3) is 0 Å². The Bertz CT molecular complexity index is 435. The largest absolute Gasteiger partial charge is 0.444 e. The number of hydrogen-bond acceptors (Lipinski definition) is 4. The highest BCUT2D eigenvalue weighted by Gasteiger charge is 2.25. The van der Waals surface area contributed by atoms with Crippen LogP contribution in [0.4, 0.5) is 4.79 Å². The third-order valence-corrected chi connectivity index (χ3v) is 3.27. The summed E-state index contributed by atoms with van der Waals surface area (Å²) in [6, 6.07) is 10.4. The van der Waals surface area contributed by atoms with Gasteiger partial charge in [0.1, 0.15) is 5.60 Å². The van der Waals surface area contributed by atoms with E-state index in [9.17, 15) is 4.79 Å². The predicted octanol–water partition coefficient (Wildman–Crippen LogP) is 2.35. The smallest absolute Gasteiger partial charge is 0.410 e. The van der Waals surface area contributed by atoms with E-state index >= 15 is 0 Å². The Kier molecular flexibility index (Phi) is 7.35. The van der Waals surface area contributed by atoms with Gasteiger partial charge in [0.25, 0.3) is 0 Å². The minimum absolute atomic E-state index is 0.197. The Hall–Kier alpha value is -1.59. The number of carbonyl (C=O) groups excluding carboxylic acids is 1. The number of nitrogens with zero attached hydrogens (tertiary/aromatic N) is 2. The summed E-state index contributed by atoms with van der Waals surface area (Å²) in [5.41, 5.74) is 0.899. The van der Waals surface area contributed by atoms with Gasteiger partial charge in [0.15, 0.2) is 0 Å². The van der Waals surface area contributed by atoms with E-state index in [0.29, 0.717) is 0 Å². The number of amides is 1. The van der Waals surface area contributed by atoms with Crippen LogP contribution in [0.15, 0.2) is 30.3 Å². The zero-order chi connectivity index (χ0) is 16.6. The maximum Gasteiger partial charge on any atom is 0.410 e. The van der Waals surface area contributed by atoms with Gasteiger partial charge >= 0.3 is 6.09 Å². The van der Waals surface area contributed by atoms with Gasteiger partial charge in [-0.1, -0.05) is 30.3 Å². The summed E-state index contributed by atoms with van der Waals surface area (Å²) in [6.07, 6.45) is -0.197. The first kappa shape index (κ1) is 18.5. The van der Waals surface area contributed by atoms with Gasteiger partial charge in [0, 0.05) is 39.8 Å². The van der Waals surface area contributed by atoms with Crippen LogP contribution in [-0.4, -0.2) is 59.9 Å². The zero-order valence-electron chi connectivity index (χ0n) is 14.1. The molecule has 0 atom stereocenters. The fourth-order valence-electron chi connectivity index (χ4n) is 2.26. The van der Waals surface area contributed by atoms with Crippen molar-refractivity contribution < 1.29 is 14.6 Å². The van der Waals surface area contributed by atoms with Crippen molar-refractivity contribution in [2.45, 2.75) is 32.9 Å². The molecule has 0 aliphatic carbocycles. The predicted molar refractivity (Wildman–Crippen MR) is 87.7 cm³/mol. The number of carbonyl (C=O) groups is 1. The van der Waals surface area contributed by atoms with Crippen molar-refractivity contribution in [1.29, 1.82) is 0 Å². The lowest BCUT2D eigenvalue weighted by Gasteiger charge is -2.35. The Labute approximate surface area is 133 Å². The molecule has 1 aliphatic heterocycles. The fraction of sp³-hybridized carbons (Fsp3) is 0.588. The number of aliphatic hydroxyl groups is 1. The van der Waals surface area contributed by atoms with Crippen molar-refractivity contribution in [1.82, 2.24) is 9.80 Å². The average molecular weight is 308 g/mol. The van der Waals surface area contributed by atoms with E-state index in [2.05, 4.69) is 29.2 Å². The lowest BCUT2D eigenvalue weighted by atomic mass is 10.2. The summed E-state index contributed by atoms with van der Waals surface area (Å²) in [7, 11) is 1.00. The molecule has 0 spiro atoms. The molecule has 1 aromatic carbocycles. The number of ether oxygens (including phenoxy) is 1. The molecule has 1 N–H and O–H groups in total. The van der Waals surface area contributed by atoms with Crippen LogP contribution in [0.1, 0.15) is 26.3 Å². The number of aliphatic hydroxyl groups excluding tert-OH is 1. The molecule has 1 fully saturated rings. The Morgan fingerprint density at radius 1 is 1.09 bits per heavy atom. The maximum atomic E-state index is 12.0. The van der Waals surface area contributed by atoms with Crippen LogP contribution in [0.3, 0.4) is 0 Å². The quantitative estimate of drug-likeness (QED) is 0.911. The van der Waals surface area contributed by atoms with Gasteiger partial charge in [-0.05, 0) is 26.3 Å². The Morgan fingerprint density at radius 2 is 1.64 bits per heavy atom. The summed E-state index contributed by atoms with van der Waals surface area (Å²) >= 11 is 0. The molecule has 0 bridgehead atoms. The summed E-state index contributed by atoms with van der Waals surface area (Å²) in [5, 5.41) is 7.00. The van der Waals surface area contributed by atoms with Gasteiger partial charge < -0.3 is 14.7 Å². The minimum atomic E-state index is -0.418. The second-order valence-electron chi connectivity index (χ2n) is 6.23. The molecule has 5 nitrogen and oxygen atoms in total. The van der Waals surface area contributed by atoms with Crippen molar-refractivity contribution in [3.8, 4) is 0 Å². The van der Waals surface area contributed by atoms with Crippen LogP contribution in [0.2, 0.25) is 0 Å². The van der Waals surface area contributed by atoms with Crippen molar-refractivity contribution in [3.05, 3.63) is 35.9 Å². The van der Waals surface area contributed by atoms with Gasteiger partial charge in [-0.3, -0.25) is 4.90 Å². The number of benzene rings is 1. The Morgan fingerprint density at radius 3 is 2.14 bits per heavy atom. The summed E-state index contributed by atoms with van der Waals surface area (Å²) in [5.74, 6) is 0. The van der Waals surface area contributed by atoms with E-state index in [-0.39, 0.29) is 6.09 Å². The molecule has 0 saturated carbocycles. The van der Waals surface area contributed by atoms with Gasteiger partial charge in [-0.15, -0.1) is 0 Å². The molecule has 0 unspecified atom stereocenters. The average Bonchev–Trinajstić information content (AvgIpc) is 2.49. The number of hydrogen-bond donors (Lipinski definition) is 1. The van der Waals surface area contributed by atoms with Crippen LogP contribution in [0.5, 0.6) is 0 Å². The van der Waals surface area contributed by atoms with Crippen molar-refractivity contribution >= 4 is 6.09 Å². The van der Waals surface area contributed by atoms with Crippen LogP contribution in [-0.2, 0) is 11.3 Å². The van der Waals surface area contributed by atoms with E-state index in [1.165, 1.54) is 5.56 Å². The van der Waals surface area contributed by atoms with Crippen molar-refractivity contribution in [2.24, 2.45) is 0 Å². The first-order valence-electron chi connectivity index (χ1n) is 7.63. The lowest BCUT2D eigenvalue weighted by molar-refractivity contribution is 0.0139. The molecular weight excluding hydrogens is 280 g/mol. The van der Waals surface area contributed by atoms with Gasteiger partial charge in [-0.25, -0.2) is 4.79 Å². The third kappa shape index (κ3) is 6.45. The normalized spacial score (nSPS) is 15.8. The lowest BCUT2D eigenvalue weighted by Crippen LogP contribution is -2.49. The highest BCUT2D eigenvalue weighted by molar-refractivity contribution is 5.68. The molecule has 124 valence electrons. The number of rotatable bonds is 2. The van der Waals surface area contributed by atoms with Gasteiger partial charge in [0.05, 0.1) is 0 Å². The van der Waals surface area contributed by atoms with E-state index in [4.69, 9.17) is 9.84 Å². The molecular formula is C17H28N2O3. The first-order valence-corrected chi connectivity index (χ1v) is 7.63. The molecule has 1 saturated heterocycles. The van der Waals surface area contributed by atoms with Crippen LogP contribution in [0, 0.1) is 0 Å². The minimum Gasteiger partial charge on any atom is -0.444 e. The summed E-state index contributed by atoms with van der Waals surface area (Å²) in [6.45, 7) is 9.92. The maximum absolute atomic E-state index is 12.0. The van der Waals surface area contributed by atoms with E-state index in [1.54, 1.807) is 4.90 Å². The standard InChI is InChI=1S/C16H24N2O2.CH4O/c1-16(2,3)20-15(19)18-11-9-17(10-12-18)13-14-7-5-4-6-8-14;1-2/h4-8H,9-13H2,1-3H3;2H,1H3. The van der Waals surface area contributed by atoms with E-state index < -0.39 is 5.60 Å². The summed E-state index contributed by atoms with van der Waals surface area (Å²) in [4.78, 5) is 16.1. The molecule has 2 rings (SSSR count). The monoisotopic (exact) mass is 308 g/mol. The van der Waals surface area contributed by atoms with Crippen molar-refractivity contribution in [2.75, 3.05) is 33.3 Å². The van der Waals surface area contributed by atoms with Crippen LogP contribution < -0.4 is 0 Å². The van der Waals surface area contributed by atoms with Gasteiger partial charge in [0.2, 0.25) is 0 Å². The van der Waals surface area contributed by atoms with Gasteiger partial charge in [-0.2, -0.15) is 0 Å². The summed E-state index contributed by atoms with van der Waals surface area (Å²) < 4.78 is 5.40. The first-order chi connectivity index (χ1) is 10.4. The molecule has 1 amide bonds. The highest BCUT2D eigenvalue weighted by Crippen LogP contribution is 2.13. The molecule has 0 radical (unpaired) electrons. The zero-order valence-corrected chi connectivity index (χ0v) is 14.1. The molecule has 1 aromatic rings. The fourth-order valence-corrected chi connectivity index (χ4v) is 2.26. The SMILES string of the molecule is CC(C)(C)OC(=O)N1CCN(Cc2ccccc2)CC1.CO. The van der Waals surface area contributed by atoms with Crippen LogP contribution >= 0.6 is 0 Å². The van der Waals surface area contributed by atoms with Crippen molar-refractivity contribution in [3.63, 3.8) is 0 Å². The molecule has 1 heterocycles. The molecule has 22 heavy (non-hydrogen) atoms. The number of piperazine rings is 1. The molecule has 0 aromatic heterocycles. The second-order valence-corrected chi connectivity index (χ2v) is 6.23. The topological polar surface area (TPSA) is 53.0 Å². The van der Waals surface area contributed by atoms with E-state index in [1.807, 2.05) is 26.8 Å². The molecule has 5 heteroatoms. The Balaban J connectivity index is 0.00000116. The highest BCUT2D eigenvalue weighted by atomic mass is 16.6. The third-order valence-electron chi connectivity index (χ3n) is 3.27. The van der Waals surface area contributed by atoms with E-state index in [0.717, 1.165) is 39.8 Å². The molecule has 1 aliphatic rings. The second kappa shape index (κ2) is 8.76.